The number of hydrogen-bond acceptors (Lipinski definition) is 6. The molecule has 1 aliphatic rings. The lowest BCUT2D eigenvalue weighted by Gasteiger charge is -2.20. The number of aromatic nitrogens is 4. The molecule has 0 saturated heterocycles. The second-order valence-corrected chi connectivity index (χ2v) is 8.26. The standard InChI is InChI=1S/C21H23N5OS/c1-13-11-14(2)25-19(24-13)7-10-23-20(27)16-3-4-18-17(12-16)26-21(28-18)15-5-8-22-9-6-15/h5-6,8-9,11,16H,3-4,7,10,12H2,1-2H3,(H,23,27). The van der Waals surface area contributed by atoms with Crippen molar-refractivity contribution < 1.29 is 4.79 Å². The molecule has 0 aromatic carbocycles. The monoisotopic (exact) mass is 393 g/mol. The van der Waals surface area contributed by atoms with Gasteiger partial charge in [0.05, 0.1) is 5.69 Å². The SMILES string of the molecule is Cc1cc(C)nc(CCNC(=O)C2CCc3sc(-c4ccncc4)nc3C2)n1. The van der Waals surface area contributed by atoms with Crippen LogP contribution in [0, 0.1) is 19.8 Å². The molecule has 3 aromatic heterocycles. The molecule has 7 heteroatoms. The summed E-state index contributed by atoms with van der Waals surface area (Å²) in [7, 11) is 0. The van der Waals surface area contributed by atoms with E-state index in [-0.39, 0.29) is 11.8 Å². The number of fused-ring (bicyclic) bond motifs is 1. The molecule has 3 aromatic rings. The molecule has 1 atom stereocenters. The molecule has 0 radical (unpaired) electrons. The van der Waals surface area contributed by atoms with Gasteiger partial charge in [0, 0.05) is 59.5 Å². The molecular weight excluding hydrogens is 370 g/mol. The lowest BCUT2D eigenvalue weighted by Crippen LogP contribution is -2.35. The largest absolute Gasteiger partial charge is 0.355 e. The van der Waals surface area contributed by atoms with E-state index in [2.05, 4.69) is 20.3 Å². The van der Waals surface area contributed by atoms with Crippen LogP contribution in [0.4, 0.5) is 0 Å². The zero-order valence-corrected chi connectivity index (χ0v) is 16.9. The first-order valence-electron chi connectivity index (χ1n) is 9.56. The van der Waals surface area contributed by atoms with Crippen molar-refractivity contribution in [1.29, 1.82) is 0 Å². The molecule has 0 bridgehead atoms. The summed E-state index contributed by atoms with van der Waals surface area (Å²) < 4.78 is 0. The number of nitrogens with zero attached hydrogens (tertiary/aromatic N) is 4. The van der Waals surface area contributed by atoms with Crippen molar-refractivity contribution in [1.82, 2.24) is 25.3 Å². The van der Waals surface area contributed by atoms with E-state index >= 15 is 0 Å². The molecule has 3 heterocycles. The van der Waals surface area contributed by atoms with Crippen LogP contribution in [0.15, 0.2) is 30.6 Å². The first-order chi connectivity index (χ1) is 13.6. The summed E-state index contributed by atoms with van der Waals surface area (Å²) in [5.41, 5.74) is 4.08. The summed E-state index contributed by atoms with van der Waals surface area (Å²) in [6.45, 7) is 4.49. The summed E-state index contributed by atoms with van der Waals surface area (Å²) in [5.74, 6) is 0.874. The Bertz CT molecular complexity index is 965. The average molecular weight is 394 g/mol. The van der Waals surface area contributed by atoms with Gasteiger partial charge in [-0.3, -0.25) is 9.78 Å². The minimum absolute atomic E-state index is 0.0138. The molecule has 0 saturated carbocycles. The quantitative estimate of drug-likeness (QED) is 0.720. The molecule has 28 heavy (non-hydrogen) atoms. The average Bonchev–Trinajstić information content (AvgIpc) is 3.11. The lowest BCUT2D eigenvalue weighted by molar-refractivity contribution is -0.125. The maximum atomic E-state index is 12.6. The van der Waals surface area contributed by atoms with Gasteiger partial charge in [0.1, 0.15) is 10.8 Å². The van der Waals surface area contributed by atoms with Crippen molar-refractivity contribution in [3.63, 3.8) is 0 Å². The minimum Gasteiger partial charge on any atom is -0.355 e. The first-order valence-corrected chi connectivity index (χ1v) is 10.4. The Morgan fingerprint density at radius 2 is 1.93 bits per heavy atom. The Kier molecular flexibility index (Phi) is 5.43. The Balaban J connectivity index is 1.35. The van der Waals surface area contributed by atoms with E-state index < -0.39 is 0 Å². The number of hydrogen-bond donors (Lipinski definition) is 1. The zero-order chi connectivity index (χ0) is 19.5. The smallest absolute Gasteiger partial charge is 0.223 e. The third-order valence-corrected chi connectivity index (χ3v) is 6.12. The van der Waals surface area contributed by atoms with Gasteiger partial charge in [0.25, 0.3) is 0 Å². The third kappa shape index (κ3) is 4.25. The fourth-order valence-corrected chi connectivity index (χ4v) is 4.68. The number of nitrogens with one attached hydrogen (secondary N) is 1. The van der Waals surface area contributed by atoms with Gasteiger partial charge in [0.15, 0.2) is 0 Å². The highest BCUT2D eigenvalue weighted by molar-refractivity contribution is 7.15. The van der Waals surface area contributed by atoms with E-state index in [4.69, 9.17) is 4.98 Å². The van der Waals surface area contributed by atoms with E-state index in [1.807, 2.05) is 32.0 Å². The number of aryl methyl sites for hydroxylation is 3. The van der Waals surface area contributed by atoms with E-state index in [9.17, 15) is 4.79 Å². The van der Waals surface area contributed by atoms with Gasteiger partial charge in [0.2, 0.25) is 5.91 Å². The second-order valence-electron chi connectivity index (χ2n) is 7.17. The van der Waals surface area contributed by atoms with Crippen LogP contribution in [-0.4, -0.2) is 32.4 Å². The number of amides is 1. The molecule has 1 amide bonds. The first kappa shape index (κ1) is 18.7. The predicted octanol–water partition coefficient (Wildman–Crippen LogP) is 3.08. The van der Waals surface area contributed by atoms with Crippen molar-refractivity contribution in [3.05, 3.63) is 58.4 Å². The molecule has 144 valence electrons. The van der Waals surface area contributed by atoms with Crippen LogP contribution in [-0.2, 0) is 24.1 Å². The van der Waals surface area contributed by atoms with E-state index in [0.29, 0.717) is 19.4 Å². The zero-order valence-electron chi connectivity index (χ0n) is 16.1. The lowest BCUT2D eigenvalue weighted by atomic mass is 9.90. The van der Waals surface area contributed by atoms with Crippen LogP contribution in [0.25, 0.3) is 10.6 Å². The van der Waals surface area contributed by atoms with E-state index in [0.717, 1.165) is 46.3 Å². The molecule has 1 aliphatic carbocycles. The molecule has 0 aliphatic heterocycles. The number of thiazole rings is 1. The Morgan fingerprint density at radius 3 is 2.68 bits per heavy atom. The summed E-state index contributed by atoms with van der Waals surface area (Å²) >= 11 is 1.73. The topological polar surface area (TPSA) is 80.7 Å². The molecule has 6 nitrogen and oxygen atoms in total. The van der Waals surface area contributed by atoms with Crippen LogP contribution in [0.1, 0.15) is 34.2 Å². The highest BCUT2D eigenvalue weighted by Gasteiger charge is 2.27. The number of carbonyl (C=O) groups excluding carboxylic acids is 1. The van der Waals surface area contributed by atoms with Crippen molar-refractivity contribution in [2.75, 3.05) is 6.54 Å². The third-order valence-electron chi connectivity index (χ3n) is 4.91. The number of carbonyl (C=O) groups is 1. The predicted molar refractivity (Wildman–Crippen MR) is 109 cm³/mol. The normalized spacial score (nSPS) is 15.9. The van der Waals surface area contributed by atoms with E-state index in [1.165, 1.54) is 4.88 Å². The Labute approximate surface area is 168 Å². The van der Waals surface area contributed by atoms with Crippen molar-refractivity contribution in [2.24, 2.45) is 5.92 Å². The second kappa shape index (κ2) is 8.14. The fourth-order valence-electron chi connectivity index (χ4n) is 3.57. The van der Waals surface area contributed by atoms with Crippen LogP contribution >= 0.6 is 11.3 Å². The van der Waals surface area contributed by atoms with Gasteiger partial charge in [-0.15, -0.1) is 11.3 Å². The molecular formula is C21H23N5OS. The van der Waals surface area contributed by atoms with Crippen molar-refractivity contribution in [3.8, 4) is 10.6 Å². The van der Waals surface area contributed by atoms with Crippen LogP contribution in [0.3, 0.4) is 0 Å². The van der Waals surface area contributed by atoms with Gasteiger partial charge in [-0.1, -0.05) is 0 Å². The highest BCUT2D eigenvalue weighted by atomic mass is 32.1. The Morgan fingerprint density at radius 1 is 1.18 bits per heavy atom. The molecule has 0 spiro atoms. The van der Waals surface area contributed by atoms with Crippen LogP contribution in [0.2, 0.25) is 0 Å². The van der Waals surface area contributed by atoms with Gasteiger partial charge in [-0.25, -0.2) is 15.0 Å². The van der Waals surface area contributed by atoms with Crippen LogP contribution in [0.5, 0.6) is 0 Å². The minimum atomic E-state index is -0.0138. The highest BCUT2D eigenvalue weighted by Crippen LogP contribution is 2.34. The molecule has 1 unspecified atom stereocenters. The summed E-state index contributed by atoms with van der Waals surface area (Å²) in [5, 5.41) is 4.07. The van der Waals surface area contributed by atoms with Crippen LogP contribution < -0.4 is 5.32 Å². The number of rotatable bonds is 5. The van der Waals surface area contributed by atoms with Gasteiger partial charge in [-0.05, 0) is 44.9 Å². The fraction of sp³-hybridized carbons (Fsp3) is 0.381. The summed E-state index contributed by atoms with van der Waals surface area (Å²) in [6, 6.07) is 5.91. The maximum Gasteiger partial charge on any atom is 0.223 e. The maximum absolute atomic E-state index is 12.6. The number of pyridine rings is 1. The van der Waals surface area contributed by atoms with E-state index in [1.54, 1.807) is 23.7 Å². The molecule has 1 N–H and O–H groups in total. The molecule has 0 fully saturated rings. The van der Waals surface area contributed by atoms with Gasteiger partial charge in [-0.2, -0.15) is 0 Å². The Hall–Kier alpha value is -2.67. The molecule has 4 rings (SSSR count). The van der Waals surface area contributed by atoms with Gasteiger partial charge < -0.3 is 5.32 Å². The van der Waals surface area contributed by atoms with Crippen molar-refractivity contribution in [2.45, 2.75) is 39.5 Å². The summed E-state index contributed by atoms with van der Waals surface area (Å²) in [4.78, 5) is 31.6. The summed E-state index contributed by atoms with van der Waals surface area (Å²) in [6.07, 6.45) is 6.71. The van der Waals surface area contributed by atoms with Crippen molar-refractivity contribution >= 4 is 17.2 Å². The van der Waals surface area contributed by atoms with Gasteiger partial charge >= 0.3 is 0 Å².